The molecule has 13 heteroatoms. The van der Waals surface area contributed by atoms with E-state index in [4.69, 9.17) is 23.2 Å². The monoisotopic (exact) mass is 661 g/mol. The molecule has 10 nitrogen and oxygen atoms in total. The molecule has 0 spiro atoms. The maximum Gasteiger partial charge on any atom is 0.276 e. The number of hydrazone groups is 2. The number of anilines is 1. The second-order valence-corrected chi connectivity index (χ2v) is 12.1. The summed E-state index contributed by atoms with van der Waals surface area (Å²) in [5.41, 5.74) is 6.75. The van der Waals surface area contributed by atoms with Crippen molar-refractivity contribution in [3.8, 4) is 0 Å². The van der Waals surface area contributed by atoms with Crippen molar-refractivity contribution < 1.29 is 14.0 Å². The van der Waals surface area contributed by atoms with Gasteiger partial charge < -0.3 is 9.47 Å². The third-order valence-corrected chi connectivity index (χ3v) is 8.39. The molecule has 2 amide bonds. The fourth-order valence-electron chi connectivity index (χ4n) is 5.31. The van der Waals surface area contributed by atoms with Gasteiger partial charge in [-0.3, -0.25) is 19.3 Å². The molecule has 1 aliphatic carbocycles. The molecule has 2 fully saturated rings. The summed E-state index contributed by atoms with van der Waals surface area (Å²) in [6.45, 7) is 2.21. The Kier molecular flexibility index (Phi) is 9.43. The molecular weight excluding hydrogens is 632 g/mol. The van der Waals surface area contributed by atoms with Crippen LogP contribution in [0.1, 0.15) is 40.4 Å². The number of hydrogen-bond donors (Lipinski definition) is 2. The van der Waals surface area contributed by atoms with Crippen molar-refractivity contribution >= 4 is 64.0 Å². The van der Waals surface area contributed by atoms with Crippen LogP contribution in [-0.4, -0.2) is 66.4 Å². The number of hydrogen-bond acceptors (Lipinski definition) is 7. The number of nitrogens with zero attached hydrogens (tertiary/aromatic N) is 5. The van der Waals surface area contributed by atoms with E-state index in [9.17, 15) is 14.4 Å². The lowest BCUT2D eigenvalue weighted by Gasteiger charge is -2.36. The third-order valence-electron chi connectivity index (χ3n) is 7.89. The van der Waals surface area contributed by atoms with Crippen LogP contribution < -0.4 is 21.2 Å². The first kappa shape index (κ1) is 31.4. The van der Waals surface area contributed by atoms with Crippen LogP contribution in [0.15, 0.2) is 81.9 Å². The molecule has 1 saturated carbocycles. The topological polar surface area (TPSA) is 111 Å². The molecule has 1 aliphatic heterocycles. The highest BCUT2D eigenvalue weighted by Gasteiger charge is 2.29. The zero-order valence-electron chi connectivity index (χ0n) is 24.6. The van der Waals surface area contributed by atoms with Crippen LogP contribution in [0.3, 0.4) is 0 Å². The lowest BCUT2D eigenvalue weighted by Crippen LogP contribution is -2.49. The van der Waals surface area contributed by atoms with Crippen molar-refractivity contribution in [3.63, 3.8) is 0 Å². The fourth-order valence-corrected chi connectivity index (χ4v) is 5.56. The summed E-state index contributed by atoms with van der Waals surface area (Å²) in [7, 11) is 0. The van der Waals surface area contributed by atoms with Crippen molar-refractivity contribution in [1.29, 1.82) is 0 Å². The summed E-state index contributed by atoms with van der Waals surface area (Å²) >= 11 is 11.8. The predicted molar refractivity (Wildman–Crippen MR) is 179 cm³/mol. The van der Waals surface area contributed by atoms with E-state index in [0.29, 0.717) is 47.4 Å². The lowest BCUT2D eigenvalue weighted by atomic mass is 10.1. The third kappa shape index (κ3) is 7.44. The SMILES string of the molecule is O=C(CN1CCN(c2cc3c(cc2F)c(=O)c(C(=O)N/N=C/c2ccc(Cl)cc2)cn3C2CC2)CC1)N/N=C\c1ccc(Cl)cc1. The Labute approximate surface area is 274 Å². The van der Waals surface area contributed by atoms with Crippen molar-refractivity contribution in [2.75, 3.05) is 37.6 Å². The Morgan fingerprint density at radius 1 is 0.870 bits per heavy atom. The van der Waals surface area contributed by atoms with Gasteiger partial charge in [0.25, 0.3) is 11.8 Å². The van der Waals surface area contributed by atoms with E-state index < -0.39 is 17.2 Å². The molecule has 4 aromatic rings. The Morgan fingerprint density at radius 3 is 2.04 bits per heavy atom. The van der Waals surface area contributed by atoms with Gasteiger partial charge in [0.1, 0.15) is 11.4 Å². The van der Waals surface area contributed by atoms with Gasteiger partial charge >= 0.3 is 0 Å². The van der Waals surface area contributed by atoms with E-state index in [1.807, 2.05) is 14.4 Å². The Hall–Kier alpha value is -4.58. The smallest absolute Gasteiger partial charge is 0.276 e. The quantitative estimate of drug-likeness (QED) is 0.197. The number of piperazine rings is 1. The number of amides is 2. The van der Waals surface area contributed by atoms with Crippen LogP contribution >= 0.6 is 23.2 Å². The number of carbonyl (C=O) groups excluding carboxylic acids is 2. The largest absolute Gasteiger partial charge is 0.367 e. The van der Waals surface area contributed by atoms with E-state index in [0.717, 1.165) is 24.0 Å². The molecule has 0 radical (unpaired) electrons. The van der Waals surface area contributed by atoms with Crippen LogP contribution in [0.4, 0.5) is 10.1 Å². The highest BCUT2D eigenvalue weighted by atomic mass is 35.5. The molecular formula is C33H30Cl2FN7O3. The number of aromatic nitrogens is 1. The van der Waals surface area contributed by atoms with E-state index >= 15 is 4.39 Å². The number of pyridine rings is 1. The number of carbonyl (C=O) groups is 2. The minimum absolute atomic E-state index is 0.107. The standard InChI is InChI=1S/C33H30Cl2FN7O3/c34-23-5-1-21(2-6-23)17-37-39-31(44)20-41-11-13-42(14-12-41)30-16-29-26(15-28(30)36)32(45)27(19-43(29)25-9-10-25)33(46)40-38-18-22-3-7-24(35)8-4-22/h1-8,15-19,25H,9-14,20H2,(H,39,44)(H,40,46)/b37-17-,38-18+. The van der Waals surface area contributed by atoms with Crippen LogP contribution in [-0.2, 0) is 4.79 Å². The van der Waals surface area contributed by atoms with Gasteiger partial charge in [-0.25, -0.2) is 15.2 Å². The van der Waals surface area contributed by atoms with Gasteiger partial charge in [0, 0.05) is 53.8 Å². The molecule has 236 valence electrons. The Morgan fingerprint density at radius 2 is 1.46 bits per heavy atom. The Balaban J connectivity index is 1.12. The average Bonchev–Trinajstić information content (AvgIpc) is 3.89. The number of fused-ring (bicyclic) bond motifs is 1. The Bertz CT molecular complexity index is 1880. The van der Waals surface area contributed by atoms with Crippen molar-refractivity contribution in [3.05, 3.63) is 110 Å². The molecule has 0 atom stereocenters. The molecule has 1 saturated heterocycles. The maximum absolute atomic E-state index is 15.6. The summed E-state index contributed by atoms with van der Waals surface area (Å²) < 4.78 is 17.5. The first-order valence-electron chi connectivity index (χ1n) is 14.8. The van der Waals surface area contributed by atoms with Crippen molar-refractivity contribution in [1.82, 2.24) is 20.3 Å². The van der Waals surface area contributed by atoms with Gasteiger partial charge in [-0.05, 0) is 60.4 Å². The number of rotatable bonds is 9. The van der Waals surface area contributed by atoms with Gasteiger partial charge in [-0.2, -0.15) is 10.2 Å². The van der Waals surface area contributed by atoms with Gasteiger partial charge in [0.15, 0.2) is 0 Å². The normalized spacial score (nSPS) is 15.6. The molecule has 2 N–H and O–H groups in total. The van der Waals surface area contributed by atoms with Crippen LogP contribution in [0.5, 0.6) is 0 Å². The second-order valence-electron chi connectivity index (χ2n) is 11.2. The minimum atomic E-state index is -0.674. The number of halogens is 3. The van der Waals surface area contributed by atoms with E-state index in [1.165, 1.54) is 12.3 Å². The van der Waals surface area contributed by atoms with E-state index in [-0.39, 0.29) is 29.4 Å². The number of nitrogens with one attached hydrogen (secondary N) is 2. The van der Waals surface area contributed by atoms with Gasteiger partial charge in [0.2, 0.25) is 5.43 Å². The molecule has 3 aromatic carbocycles. The molecule has 1 aromatic heterocycles. The zero-order valence-corrected chi connectivity index (χ0v) is 26.1. The highest BCUT2D eigenvalue weighted by Crippen LogP contribution is 2.38. The van der Waals surface area contributed by atoms with Crippen LogP contribution in [0, 0.1) is 5.82 Å². The van der Waals surface area contributed by atoms with Crippen LogP contribution in [0.2, 0.25) is 10.0 Å². The second kappa shape index (κ2) is 13.8. The molecule has 2 aliphatic rings. The molecule has 6 rings (SSSR count). The molecule has 2 heterocycles. The minimum Gasteiger partial charge on any atom is -0.367 e. The highest BCUT2D eigenvalue weighted by molar-refractivity contribution is 6.30. The summed E-state index contributed by atoms with van der Waals surface area (Å²) in [6, 6.07) is 17.0. The van der Waals surface area contributed by atoms with Crippen molar-refractivity contribution in [2.45, 2.75) is 18.9 Å². The first-order chi connectivity index (χ1) is 22.2. The van der Waals surface area contributed by atoms with Crippen molar-refractivity contribution in [2.24, 2.45) is 10.2 Å². The predicted octanol–water partition coefficient (Wildman–Crippen LogP) is 4.82. The van der Waals surface area contributed by atoms with E-state index in [1.54, 1.807) is 67.0 Å². The summed E-state index contributed by atoms with van der Waals surface area (Å²) in [6.07, 6.45) is 6.32. The molecule has 0 bridgehead atoms. The number of benzene rings is 3. The summed E-state index contributed by atoms with van der Waals surface area (Å²) in [5, 5.41) is 9.30. The molecule has 0 unspecified atom stereocenters. The lowest BCUT2D eigenvalue weighted by molar-refractivity contribution is -0.122. The van der Waals surface area contributed by atoms with E-state index in [2.05, 4.69) is 21.1 Å². The fraction of sp³-hybridized carbons (Fsp3) is 0.242. The molecule has 46 heavy (non-hydrogen) atoms. The summed E-state index contributed by atoms with van der Waals surface area (Å²) in [4.78, 5) is 42.7. The van der Waals surface area contributed by atoms with Gasteiger partial charge in [0.05, 0.1) is 30.2 Å². The average molecular weight is 663 g/mol. The first-order valence-corrected chi connectivity index (χ1v) is 15.5. The van der Waals surface area contributed by atoms with Gasteiger partial charge in [-0.15, -0.1) is 0 Å². The zero-order chi connectivity index (χ0) is 32.2. The van der Waals surface area contributed by atoms with Crippen LogP contribution in [0.25, 0.3) is 10.9 Å². The van der Waals surface area contributed by atoms with Gasteiger partial charge in [-0.1, -0.05) is 47.5 Å². The summed E-state index contributed by atoms with van der Waals surface area (Å²) in [5.74, 6) is -1.47. The maximum atomic E-state index is 15.6.